The van der Waals surface area contributed by atoms with E-state index < -0.39 is 11.9 Å². The second kappa shape index (κ2) is 5.26. The molecular weight excluding hydrogens is 196 g/mol. The molecule has 1 saturated carbocycles. The van der Waals surface area contributed by atoms with E-state index in [1.165, 1.54) is 7.11 Å². The summed E-state index contributed by atoms with van der Waals surface area (Å²) in [4.78, 5) is 23.2. The summed E-state index contributed by atoms with van der Waals surface area (Å²) in [6.07, 6.45) is 1.87. The average Bonchev–Trinajstić information content (AvgIpc) is 2.27. The third-order valence-electron chi connectivity index (χ3n) is 3.16. The highest BCUT2D eigenvalue weighted by Crippen LogP contribution is 2.32. The number of ether oxygens (including phenoxy) is 2. The van der Waals surface area contributed by atoms with Crippen LogP contribution >= 0.6 is 0 Å². The van der Waals surface area contributed by atoms with E-state index in [0.29, 0.717) is 12.8 Å². The highest BCUT2D eigenvalue weighted by atomic mass is 16.5. The smallest absolute Gasteiger partial charge is 0.316 e. The van der Waals surface area contributed by atoms with Crippen LogP contribution in [0.1, 0.15) is 26.2 Å². The van der Waals surface area contributed by atoms with Crippen LogP contribution in [0, 0.1) is 11.8 Å². The van der Waals surface area contributed by atoms with Crippen molar-refractivity contribution in [3.8, 4) is 0 Å². The molecule has 1 fully saturated rings. The van der Waals surface area contributed by atoms with Crippen molar-refractivity contribution in [2.45, 2.75) is 32.3 Å². The highest BCUT2D eigenvalue weighted by Gasteiger charge is 2.42. The lowest BCUT2D eigenvalue weighted by Crippen LogP contribution is -2.43. The Kier molecular flexibility index (Phi) is 4.27. The second-order valence-corrected chi connectivity index (χ2v) is 3.85. The van der Waals surface area contributed by atoms with Gasteiger partial charge in [0, 0.05) is 19.4 Å². The number of carbonyl (C=O) groups excluding carboxylic acids is 2. The summed E-state index contributed by atoms with van der Waals surface area (Å²) in [6, 6.07) is 0. The minimum Gasteiger partial charge on any atom is -0.468 e. The maximum Gasteiger partial charge on any atom is 0.316 e. The zero-order valence-electron chi connectivity index (χ0n) is 9.49. The first kappa shape index (κ1) is 12.2. The van der Waals surface area contributed by atoms with Crippen LogP contribution in [-0.4, -0.2) is 32.1 Å². The molecule has 86 valence electrons. The molecule has 0 aromatic rings. The fourth-order valence-electron chi connectivity index (χ4n) is 2.33. The molecule has 0 N–H and O–H groups in total. The van der Waals surface area contributed by atoms with Crippen molar-refractivity contribution in [1.82, 2.24) is 0 Å². The first-order valence-electron chi connectivity index (χ1n) is 5.29. The Bertz CT molecular complexity index is 241. The van der Waals surface area contributed by atoms with Gasteiger partial charge in [-0.3, -0.25) is 9.59 Å². The van der Waals surface area contributed by atoms with Crippen molar-refractivity contribution < 1.29 is 19.1 Å². The van der Waals surface area contributed by atoms with Crippen LogP contribution < -0.4 is 0 Å². The zero-order valence-corrected chi connectivity index (χ0v) is 9.49. The number of ketones is 1. The van der Waals surface area contributed by atoms with E-state index in [2.05, 4.69) is 4.74 Å². The highest BCUT2D eigenvalue weighted by molar-refractivity contribution is 5.99. The largest absolute Gasteiger partial charge is 0.468 e. The first-order chi connectivity index (χ1) is 7.15. The van der Waals surface area contributed by atoms with Gasteiger partial charge in [-0.15, -0.1) is 0 Å². The van der Waals surface area contributed by atoms with Crippen molar-refractivity contribution in [3.63, 3.8) is 0 Å². The van der Waals surface area contributed by atoms with Gasteiger partial charge in [-0.1, -0.05) is 6.92 Å². The minimum absolute atomic E-state index is 0.00296. The molecule has 1 aliphatic rings. The van der Waals surface area contributed by atoms with Gasteiger partial charge in [-0.2, -0.15) is 0 Å². The molecule has 15 heavy (non-hydrogen) atoms. The predicted octanol–water partition coefficient (Wildman–Crippen LogP) is 1.18. The summed E-state index contributed by atoms with van der Waals surface area (Å²) >= 11 is 0. The van der Waals surface area contributed by atoms with Gasteiger partial charge < -0.3 is 9.47 Å². The fraction of sp³-hybridized carbons (Fsp3) is 0.818. The van der Waals surface area contributed by atoms with E-state index in [4.69, 9.17) is 4.74 Å². The molecule has 3 atom stereocenters. The summed E-state index contributed by atoms with van der Waals surface area (Å²) in [5, 5.41) is 0. The zero-order chi connectivity index (χ0) is 11.4. The molecule has 0 heterocycles. The maximum absolute atomic E-state index is 11.7. The molecule has 0 saturated heterocycles. The first-order valence-corrected chi connectivity index (χ1v) is 5.29. The monoisotopic (exact) mass is 214 g/mol. The van der Waals surface area contributed by atoms with Crippen LogP contribution in [0.5, 0.6) is 0 Å². The van der Waals surface area contributed by atoms with Gasteiger partial charge in [0.25, 0.3) is 0 Å². The van der Waals surface area contributed by atoms with Crippen LogP contribution in [0.25, 0.3) is 0 Å². The van der Waals surface area contributed by atoms with Crippen molar-refractivity contribution in [2.24, 2.45) is 11.8 Å². The van der Waals surface area contributed by atoms with Gasteiger partial charge in [0.2, 0.25) is 0 Å². The normalized spacial score (nSPS) is 31.4. The number of methoxy groups -OCH3 is 2. The Labute approximate surface area is 89.9 Å². The molecule has 0 aromatic heterocycles. The number of hydrogen-bond acceptors (Lipinski definition) is 4. The molecule has 1 rings (SSSR count). The summed E-state index contributed by atoms with van der Waals surface area (Å²) < 4.78 is 9.98. The van der Waals surface area contributed by atoms with Crippen molar-refractivity contribution in [3.05, 3.63) is 0 Å². The Morgan fingerprint density at radius 2 is 2.13 bits per heavy atom. The molecule has 1 aliphatic carbocycles. The molecule has 0 aliphatic heterocycles. The van der Waals surface area contributed by atoms with E-state index in [1.807, 2.05) is 6.92 Å². The van der Waals surface area contributed by atoms with E-state index in [1.54, 1.807) is 7.11 Å². The molecule has 4 heteroatoms. The van der Waals surface area contributed by atoms with Crippen LogP contribution in [-0.2, 0) is 19.1 Å². The van der Waals surface area contributed by atoms with Crippen LogP contribution in [0.3, 0.4) is 0 Å². The lowest BCUT2D eigenvalue weighted by Gasteiger charge is -2.34. The molecular formula is C11H18O4. The number of rotatable bonds is 3. The van der Waals surface area contributed by atoms with Gasteiger partial charge >= 0.3 is 5.97 Å². The van der Waals surface area contributed by atoms with Crippen molar-refractivity contribution in [1.29, 1.82) is 0 Å². The molecule has 0 bridgehead atoms. The van der Waals surface area contributed by atoms with Crippen molar-refractivity contribution >= 4 is 11.8 Å². The quantitative estimate of drug-likeness (QED) is 0.523. The van der Waals surface area contributed by atoms with Crippen LogP contribution in [0.2, 0.25) is 0 Å². The van der Waals surface area contributed by atoms with Crippen LogP contribution in [0.4, 0.5) is 0 Å². The second-order valence-electron chi connectivity index (χ2n) is 3.85. The Morgan fingerprint density at radius 1 is 1.47 bits per heavy atom. The number of esters is 1. The molecule has 4 nitrogen and oxygen atoms in total. The average molecular weight is 214 g/mol. The lowest BCUT2D eigenvalue weighted by molar-refractivity contribution is -0.157. The standard InChI is InChI=1S/C11H18O4/c1-4-7-9(14-2)6-5-8(12)10(7)11(13)15-3/h7,9-10H,4-6H2,1-3H3/t7-,9?,10-/m0/s1. The van der Waals surface area contributed by atoms with Gasteiger partial charge in [0.15, 0.2) is 0 Å². The fourth-order valence-corrected chi connectivity index (χ4v) is 2.33. The summed E-state index contributed by atoms with van der Waals surface area (Å²) in [7, 11) is 2.94. The Balaban J connectivity index is 2.86. The van der Waals surface area contributed by atoms with E-state index in [-0.39, 0.29) is 17.8 Å². The van der Waals surface area contributed by atoms with E-state index in [9.17, 15) is 9.59 Å². The predicted molar refractivity (Wildman–Crippen MR) is 54.3 cm³/mol. The third-order valence-corrected chi connectivity index (χ3v) is 3.16. The molecule has 1 unspecified atom stereocenters. The summed E-state index contributed by atoms with van der Waals surface area (Å²) in [5.74, 6) is -1.10. The summed E-state index contributed by atoms with van der Waals surface area (Å²) in [5.41, 5.74) is 0. The molecule has 0 aromatic carbocycles. The number of carbonyl (C=O) groups is 2. The Hall–Kier alpha value is -0.900. The maximum atomic E-state index is 11.7. The summed E-state index contributed by atoms with van der Waals surface area (Å²) in [6.45, 7) is 1.96. The Morgan fingerprint density at radius 3 is 2.60 bits per heavy atom. The lowest BCUT2D eigenvalue weighted by atomic mass is 9.75. The van der Waals surface area contributed by atoms with E-state index >= 15 is 0 Å². The minimum atomic E-state index is -0.626. The topological polar surface area (TPSA) is 52.6 Å². The molecule has 0 radical (unpaired) electrons. The van der Waals surface area contributed by atoms with E-state index in [0.717, 1.165) is 6.42 Å². The number of hydrogen-bond donors (Lipinski definition) is 0. The van der Waals surface area contributed by atoms with Crippen molar-refractivity contribution in [2.75, 3.05) is 14.2 Å². The van der Waals surface area contributed by atoms with Gasteiger partial charge in [-0.25, -0.2) is 0 Å². The van der Waals surface area contributed by atoms with Gasteiger partial charge in [-0.05, 0) is 12.8 Å². The molecule has 0 spiro atoms. The number of Topliss-reactive ketones (excluding diaryl/α,β-unsaturated/α-hetero) is 1. The third kappa shape index (κ3) is 2.37. The van der Waals surface area contributed by atoms with Gasteiger partial charge in [0.1, 0.15) is 11.7 Å². The molecule has 0 amide bonds. The van der Waals surface area contributed by atoms with Crippen LogP contribution in [0.15, 0.2) is 0 Å². The van der Waals surface area contributed by atoms with Gasteiger partial charge in [0.05, 0.1) is 13.2 Å². The SMILES string of the molecule is CC[C@H]1C(OC)CCC(=O)[C@H]1C(=O)OC.